The number of carbonyl (C=O) groups excluding carboxylic acids is 1. The van der Waals surface area contributed by atoms with Crippen LogP contribution in [0.1, 0.15) is 28.2 Å². The van der Waals surface area contributed by atoms with Crippen LogP contribution in [0.25, 0.3) is 0 Å². The number of aromatic nitrogens is 2. The van der Waals surface area contributed by atoms with E-state index in [-0.39, 0.29) is 5.91 Å². The molecule has 1 aliphatic rings. The Morgan fingerprint density at radius 3 is 2.88 bits per heavy atom. The van der Waals surface area contributed by atoms with Crippen molar-refractivity contribution in [2.24, 2.45) is 0 Å². The van der Waals surface area contributed by atoms with Crippen molar-refractivity contribution in [3.05, 3.63) is 72.1 Å². The van der Waals surface area contributed by atoms with E-state index < -0.39 is 0 Å². The van der Waals surface area contributed by atoms with Crippen LogP contribution in [-0.2, 0) is 13.0 Å². The predicted molar refractivity (Wildman–Crippen MR) is 93.7 cm³/mol. The van der Waals surface area contributed by atoms with Crippen LogP contribution in [0, 0.1) is 0 Å². The average molecular weight is 334 g/mol. The Hall–Kier alpha value is -3.15. The van der Waals surface area contributed by atoms with Gasteiger partial charge in [-0.3, -0.25) is 4.79 Å². The van der Waals surface area contributed by atoms with E-state index in [1.165, 1.54) is 11.8 Å². The molecule has 4 rings (SSSR count). The van der Waals surface area contributed by atoms with Crippen LogP contribution in [0.3, 0.4) is 0 Å². The molecule has 0 unspecified atom stereocenters. The number of furan rings is 1. The molecular weight excluding hydrogens is 316 g/mol. The molecule has 0 spiro atoms. The van der Waals surface area contributed by atoms with Crippen molar-refractivity contribution in [1.29, 1.82) is 0 Å². The van der Waals surface area contributed by atoms with Gasteiger partial charge in [0.25, 0.3) is 5.91 Å². The zero-order chi connectivity index (χ0) is 17.1. The summed E-state index contributed by atoms with van der Waals surface area (Å²) in [6.07, 6.45) is 6.90. The average Bonchev–Trinajstić information content (AvgIpc) is 3.19. The van der Waals surface area contributed by atoms with Crippen molar-refractivity contribution >= 4 is 17.4 Å². The first-order chi connectivity index (χ1) is 12.3. The minimum atomic E-state index is -0.269. The summed E-state index contributed by atoms with van der Waals surface area (Å²) in [5.41, 5.74) is 2.77. The third-order valence-corrected chi connectivity index (χ3v) is 4.26. The Labute approximate surface area is 145 Å². The van der Waals surface area contributed by atoms with E-state index in [1.807, 2.05) is 12.1 Å². The minimum Gasteiger partial charge on any atom is -0.467 e. The molecule has 1 aromatic carbocycles. The Morgan fingerprint density at radius 2 is 2.08 bits per heavy atom. The first kappa shape index (κ1) is 15.4. The van der Waals surface area contributed by atoms with Crippen LogP contribution >= 0.6 is 0 Å². The van der Waals surface area contributed by atoms with Gasteiger partial charge < -0.3 is 14.6 Å². The van der Waals surface area contributed by atoms with Crippen molar-refractivity contribution in [1.82, 2.24) is 15.3 Å². The number of hydrogen-bond donors (Lipinski definition) is 1. The summed E-state index contributed by atoms with van der Waals surface area (Å²) in [7, 11) is 0. The van der Waals surface area contributed by atoms with Gasteiger partial charge in [0.2, 0.25) is 0 Å². The van der Waals surface area contributed by atoms with E-state index in [0.717, 1.165) is 30.9 Å². The highest BCUT2D eigenvalue weighted by molar-refractivity contribution is 5.92. The van der Waals surface area contributed by atoms with Crippen LogP contribution in [0.5, 0.6) is 0 Å². The van der Waals surface area contributed by atoms with E-state index in [1.54, 1.807) is 18.5 Å². The third kappa shape index (κ3) is 3.24. The standard InChI is InChI=1S/C19H18N4O2/c24-19(22-11-15-7-4-10-25-15)16-12-21-18(13-20-16)23-9-3-6-14-5-1-2-8-17(14)23/h1-2,4-5,7-8,10,12-13H,3,6,9,11H2,(H,22,24). The molecule has 6 nitrogen and oxygen atoms in total. The van der Waals surface area contributed by atoms with E-state index in [0.29, 0.717) is 18.0 Å². The number of hydrogen-bond acceptors (Lipinski definition) is 5. The van der Waals surface area contributed by atoms with Gasteiger partial charge in [0.15, 0.2) is 5.82 Å². The summed E-state index contributed by atoms with van der Waals surface area (Å²) in [6, 6.07) is 11.9. The smallest absolute Gasteiger partial charge is 0.271 e. The summed E-state index contributed by atoms with van der Waals surface area (Å²) >= 11 is 0. The van der Waals surface area contributed by atoms with E-state index in [4.69, 9.17) is 4.42 Å². The summed E-state index contributed by atoms with van der Waals surface area (Å²) in [5, 5.41) is 2.77. The van der Waals surface area contributed by atoms with Gasteiger partial charge in [-0.25, -0.2) is 9.97 Å². The van der Waals surface area contributed by atoms with E-state index >= 15 is 0 Å². The number of amides is 1. The molecule has 1 N–H and O–H groups in total. The molecule has 0 aliphatic carbocycles. The van der Waals surface area contributed by atoms with Crippen LogP contribution < -0.4 is 10.2 Å². The first-order valence-electron chi connectivity index (χ1n) is 8.29. The number of aryl methyl sites for hydroxylation is 1. The number of para-hydroxylation sites is 1. The maximum Gasteiger partial charge on any atom is 0.271 e. The zero-order valence-corrected chi connectivity index (χ0v) is 13.7. The van der Waals surface area contributed by atoms with Gasteiger partial charge in [-0.1, -0.05) is 18.2 Å². The second-order valence-corrected chi connectivity index (χ2v) is 5.91. The number of rotatable bonds is 4. The number of nitrogens with one attached hydrogen (secondary N) is 1. The number of fused-ring (bicyclic) bond motifs is 1. The summed E-state index contributed by atoms with van der Waals surface area (Å²) in [6.45, 7) is 1.23. The Morgan fingerprint density at radius 1 is 1.16 bits per heavy atom. The lowest BCUT2D eigenvalue weighted by molar-refractivity contribution is 0.0942. The van der Waals surface area contributed by atoms with Gasteiger partial charge in [-0.2, -0.15) is 0 Å². The molecule has 0 saturated heterocycles. The fourth-order valence-corrected chi connectivity index (χ4v) is 3.02. The summed E-state index contributed by atoms with van der Waals surface area (Å²) in [5.74, 6) is 1.19. The monoisotopic (exact) mass is 334 g/mol. The second-order valence-electron chi connectivity index (χ2n) is 5.91. The molecule has 2 aromatic heterocycles. The fourth-order valence-electron chi connectivity index (χ4n) is 3.02. The van der Waals surface area contributed by atoms with Gasteiger partial charge in [-0.15, -0.1) is 0 Å². The zero-order valence-electron chi connectivity index (χ0n) is 13.7. The molecular formula is C19H18N4O2. The molecule has 1 aliphatic heterocycles. The van der Waals surface area contributed by atoms with Crippen LogP contribution in [-0.4, -0.2) is 22.4 Å². The Balaban J connectivity index is 1.48. The largest absolute Gasteiger partial charge is 0.467 e. The van der Waals surface area contributed by atoms with Gasteiger partial charge >= 0.3 is 0 Å². The maximum atomic E-state index is 12.2. The molecule has 6 heteroatoms. The summed E-state index contributed by atoms with van der Waals surface area (Å²) < 4.78 is 5.19. The van der Waals surface area contributed by atoms with Crippen LogP contribution in [0.2, 0.25) is 0 Å². The van der Waals surface area contributed by atoms with Gasteiger partial charge in [-0.05, 0) is 36.6 Å². The highest BCUT2D eigenvalue weighted by Crippen LogP contribution is 2.31. The number of nitrogens with zero attached hydrogens (tertiary/aromatic N) is 3. The molecule has 0 saturated carbocycles. The fraction of sp³-hybridized carbons (Fsp3) is 0.211. The molecule has 1 amide bonds. The van der Waals surface area contributed by atoms with Crippen molar-refractivity contribution < 1.29 is 9.21 Å². The lowest BCUT2D eigenvalue weighted by Crippen LogP contribution is -2.27. The molecule has 0 bridgehead atoms. The van der Waals surface area contributed by atoms with Gasteiger partial charge in [0.1, 0.15) is 11.5 Å². The highest BCUT2D eigenvalue weighted by Gasteiger charge is 2.19. The molecule has 0 atom stereocenters. The van der Waals surface area contributed by atoms with E-state index in [2.05, 4.69) is 38.4 Å². The van der Waals surface area contributed by atoms with Gasteiger partial charge in [0.05, 0.1) is 25.2 Å². The normalized spacial score (nSPS) is 13.4. The Bertz CT molecular complexity index is 859. The van der Waals surface area contributed by atoms with E-state index in [9.17, 15) is 4.79 Å². The van der Waals surface area contributed by atoms with Crippen LogP contribution in [0.15, 0.2) is 59.5 Å². The van der Waals surface area contributed by atoms with Crippen molar-refractivity contribution in [2.45, 2.75) is 19.4 Å². The number of anilines is 2. The SMILES string of the molecule is O=C(NCc1ccco1)c1cnc(N2CCCc3ccccc32)cn1. The summed E-state index contributed by atoms with van der Waals surface area (Å²) in [4.78, 5) is 23.0. The lowest BCUT2D eigenvalue weighted by Gasteiger charge is -2.30. The quantitative estimate of drug-likeness (QED) is 0.794. The number of carbonyl (C=O) groups is 1. The molecule has 3 heterocycles. The Kier molecular flexibility index (Phi) is 4.16. The predicted octanol–water partition coefficient (Wildman–Crippen LogP) is 3.08. The second kappa shape index (κ2) is 6.76. The molecule has 126 valence electrons. The van der Waals surface area contributed by atoms with Crippen molar-refractivity contribution in [3.8, 4) is 0 Å². The van der Waals surface area contributed by atoms with Gasteiger partial charge in [0, 0.05) is 12.2 Å². The minimum absolute atomic E-state index is 0.269. The molecule has 0 radical (unpaired) electrons. The number of benzene rings is 1. The first-order valence-corrected chi connectivity index (χ1v) is 8.29. The molecule has 3 aromatic rings. The molecule has 25 heavy (non-hydrogen) atoms. The van der Waals surface area contributed by atoms with Crippen LogP contribution in [0.4, 0.5) is 11.5 Å². The topological polar surface area (TPSA) is 71.3 Å². The van der Waals surface area contributed by atoms with Crippen molar-refractivity contribution in [2.75, 3.05) is 11.4 Å². The molecule has 0 fully saturated rings. The maximum absolute atomic E-state index is 12.2. The third-order valence-electron chi connectivity index (χ3n) is 4.26. The van der Waals surface area contributed by atoms with Crippen molar-refractivity contribution in [3.63, 3.8) is 0 Å². The lowest BCUT2D eigenvalue weighted by atomic mass is 10.0. The highest BCUT2D eigenvalue weighted by atomic mass is 16.3.